The van der Waals surface area contributed by atoms with E-state index < -0.39 is 12.0 Å². The van der Waals surface area contributed by atoms with Crippen LogP contribution in [0.25, 0.3) is 0 Å². The van der Waals surface area contributed by atoms with Gasteiger partial charge >= 0.3 is 5.97 Å². The molecule has 6 heteroatoms. The zero-order chi connectivity index (χ0) is 17.0. The van der Waals surface area contributed by atoms with Crippen LogP contribution < -0.4 is 4.74 Å². The maximum atomic E-state index is 12.3. The summed E-state index contributed by atoms with van der Waals surface area (Å²) in [4.78, 5) is 36.3. The summed E-state index contributed by atoms with van der Waals surface area (Å²) in [5.41, 5.74) is 0.505. The molecule has 1 heterocycles. The van der Waals surface area contributed by atoms with Crippen LogP contribution >= 0.6 is 0 Å². The number of amides is 1. The Hall–Kier alpha value is -2.37. The average molecular weight is 319 g/mol. The topological polar surface area (TPSA) is 83.9 Å². The third-order valence-corrected chi connectivity index (χ3v) is 4.07. The third kappa shape index (κ3) is 4.31. The lowest BCUT2D eigenvalue weighted by Gasteiger charge is -2.35. The van der Waals surface area contributed by atoms with Crippen LogP contribution in [0.4, 0.5) is 0 Å². The van der Waals surface area contributed by atoms with Crippen molar-refractivity contribution in [2.45, 2.75) is 32.7 Å². The number of nitrogens with zero attached hydrogens (tertiary/aromatic N) is 1. The van der Waals surface area contributed by atoms with Crippen molar-refractivity contribution >= 4 is 17.7 Å². The molecule has 1 N–H and O–H groups in total. The van der Waals surface area contributed by atoms with Crippen LogP contribution in [0, 0.1) is 5.92 Å². The van der Waals surface area contributed by atoms with Gasteiger partial charge in [0.15, 0.2) is 12.4 Å². The van der Waals surface area contributed by atoms with Crippen molar-refractivity contribution in [3.8, 4) is 5.75 Å². The second kappa shape index (κ2) is 7.26. The number of ether oxygens (including phenoxy) is 1. The highest BCUT2D eigenvalue weighted by Crippen LogP contribution is 2.23. The minimum absolute atomic E-state index is 0.0854. The van der Waals surface area contributed by atoms with E-state index >= 15 is 0 Å². The zero-order valence-electron chi connectivity index (χ0n) is 13.3. The summed E-state index contributed by atoms with van der Waals surface area (Å²) < 4.78 is 5.43. The Balaban J connectivity index is 1.99. The molecule has 2 rings (SSSR count). The molecular weight excluding hydrogens is 298 g/mol. The Morgan fingerprint density at radius 1 is 1.35 bits per heavy atom. The molecule has 2 unspecified atom stereocenters. The molecule has 0 bridgehead atoms. The van der Waals surface area contributed by atoms with E-state index in [9.17, 15) is 19.5 Å². The number of Topliss-reactive ketones (excluding diaryl/α,β-unsaturated/α-hetero) is 1. The zero-order valence-corrected chi connectivity index (χ0v) is 13.3. The van der Waals surface area contributed by atoms with Gasteiger partial charge in [0.05, 0.1) is 0 Å². The van der Waals surface area contributed by atoms with Crippen molar-refractivity contribution in [1.82, 2.24) is 4.90 Å². The van der Waals surface area contributed by atoms with Crippen LogP contribution in [-0.4, -0.2) is 46.9 Å². The van der Waals surface area contributed by atoms with Gasteiger partial charge in [0.25, 0.3) is 5.91 Å². The molecule has 1 saturated heterocycles. The Morgan fingerprint density at radius 2 is 2.09 bits per heavy atom. The number of rotatable bonds is 5. The van der Waals surface area contributed by atoms with Crippen molar-refractivity contribution in [3.05, 3.63) is 29.8 Å². The molecule has 0 aliphatic carbocycles. The largest absolute Gasteiger partial charge is 0.484 e. The molecule has 23 heavy (non-hydrogen) atoms. The molecule has 1 fully saturated rings. The van der Waals surface area contributed by atoms with Crippen LogP contribution in [0.1, 0.15) is 37.0 Å². The molecule has 6 nitrogen and oxygen atoms in total. The molecule has 0 saturated carbocycles. The van der Waals surface area contributed by atoms with Gasteiger partial charge < -0.3 is 14.7 Å². The summed E-state index contributed by atoms with van der Waals surface area (Å²) >= 11 is 0. The minimum atomic E-state index is -0.983. The molecule has 0 aromatic heterocycles. The fourth-order valence-electron chi connectivity index (χ4n) is 2.71. The quantitative estimate of drug-likeness (QED) is 0.839. The number of benzene rings is 1. The van der Waals surface area contributed by atoms with E-state index in [2.05, 4.69) is 0 Å². The van der Waals surface area contributed by atoms with Gasteiger partial charge in [0, 0.05) is 12.1 Å². The van der Waals surface area contributed by atoms with Crippen LogP contribution in [0.2, 0.25) is 0 Å². The standard InChI is InChI=1S/C17H21NO5/c1-11-6-7-18(15(8-11)17(21)22)16(20)10-23-14-5-3-4-13(9-14)12(2)19/h3-5,9,11,15H,6-8,10H2,1-2H3,(H,21,22). The van der Waals surface area contributed by atoms with E-state index in [4.69, 9.17) is 4.74 Å². The van der Waals surface area contributed by atoms with E-state index in [1.165, 1.54) is 11.8 Å². The number of likely N-dealkylation sites (tertiary alicyclic amines) is 1. The fourth-order valence-corrected chi connectivity index (χ4v) is 2.71. The molecule has 2 atom stereocenters. The lowest BCUT2D eigenvalue weighted by molar-refractivity contribution is -0.153. The molecule has 1 amide bonds. The Kier molecular flexibility index (Phi) is 5.36. The third-order valence-electron chi connectivity index (χ3n) is 4.07. The second-order valence-corrected chi connectivity index (χ2v) is 5.94. The number of hydrogen-bond donors (Lipinski definition) is 1. The van der Waals surface area contributed by atoms with Crippen LogP contribution in [0.3, 0.4) is 0 Å². The number of carbonyl (C=O) groups is 3. The van der Waals surface area contributed by atoms with Gasteiger partial charge in [-0.1, -0.05) is 19.1 Å². The number of carboxylic acids is 1. The SMILES string of the molecule is CC(=O)c1cccc(OCC(=O)N2CCC(C)CC2C(=O)O)c1. The van der Waals surface area contributed by atoms with Gasteiger partial charge in [0.2, 0.25) is 0 Å². The number of hydrogen-bond acceptors (Lipinski definition) is 4. The van der Waals surface area contributed by atoms with E-state index in [1.807, 2.05) is 6.92 Å². The van der Waals surface area contributed by atoms with Gasteiger partial charge in [0.1, 0.15) is 11.8 Å². The van der Waals surface area contributed by atoms with Gasteiger partial charge in [-0.3, -0.25) is 9.59 Å². The summed E-state index contributed by atoms with van der Waals surface area (Å²) in [6.45, 7) is 3.63. The highest BCUT2D eigenvalue weighted by atomic mass is 16.5. The summed E-state index contributed by atoms with van der Waals surface area (Å²) in [6, 6.07) is 5.79. The van der Waals surface area contributed by atoms with Gasteiger partial charge in [-0.05, 0) is 37.8 Å². The number of aliphatic carboxylic acids is 1. The number of carbonyl (C=O) groups excluding carboxylic acids is 2. The van der Waals surface area contributed by atoms with Crippen molar-refractivity contribution < 1.29 is 24.2 Å². The Bertz CT molecular complexity index is 613. The van der Waals surface area contributed by atoms with Gasteiger partial charge in [-0.2, -0.15) is 0 Å². The summed E-state index contributed by atoms with van der Waals surface area (Å²) in [7, 11) is 0. The molecule has 1 aliphatic heterocycles. The first-order chi connectivity index (χ1) is 10.9. The molecule has 1 aromatic rings. The highest BCUT2D eigenvalue weighted by Gasteiger charge is 2.34. The fraction of sp³-hybridized carbons (Fsp3) is 0.471. The normalized spacial score (nSPS) is 20.9. The first-order valence-electron chi connectivity index (χ1n) is 7.64. The van der Waals surface area contributed by atoms with Crippen molar-refractivity contribution in [1.29, 1.82) is 0 Å². The number of carboxylic acid groups (broad SMARTS) is 1. The highest BCUT2D eigenvalue weighted by molar-refractivity contribution is 5.94. The lowest BCUT2D eigenvalue weighted by atomic mass is 9.92. The van der Waals surface area contributed by atoms with E-state index in [-0.39, 0.29) is 24.2 Å². The first-order valence-corrected chi connectivity index (χ1v) is 7.64. The first kappa shape index (κ1) is 17.0. The van der Waals surface area contributed by atoms with E-state index in [0.717, 1.165) is 6.42 Å². The Morgan fingerprint density at radius 3 is 2.74 bits per heavy atom. The van der Waals surface area contributed by atoms with Crippen LogP contribution in [0.15, 0.2) is 24.3 Å². The predicted octanol–water partition coefficient (Wildman–Crippen LogP) is 1.98. The average Bonchev–Trinajstić information content (AvgIpc) is 2.52. The maximum absolute atomic E-state index is 12.3. The van der Waals surface area contributed by atoms with E-state index in [1.54, 1.807) is 24.3 Å². The lowest BCUT2D eigenvalue weighted by Crippen LogP contribution is -2.51. The summed E-state index contributed by atoms with van der Waals surface area (Å²) in [5, 5.41) is 9.29. The maximum Gasteiger partial charge on any atom is 0.326 e. The van der Waals surface area contributed by atoms with Crippen LogP contribution in [-0.2, 0) is 9.59 Å². The smallest absolute Gasteiger partial charge is 0.326 e. The van der Waals surface area contributed by atoms with Gasteiger partial charge in [-0.15, -0.1) is 0 Å². The number of piperidine rings is 1. The molecule has 1 aromatic carbocycles. The number of ketones is 1. The molecule has 1 aliphatic rings. The molecule has 0 radical (unpaired) electrons. The van der Waals surface area contributed by atoms with Crippen molar-refractivity contribution in [2.75, 3.05) is 13.2 Å². The van der Waals surface area contributed by atoms with Gasteiger partial charge in [-0.25, -0.2) is 4.79 Å². The minimum Gasteiger partial charge on any atom is -0.484 e. The predicted molar refractivity (Wildman–Crippen MR) is 83.5 cm³/mol. The molecular formula is C17H21NO5. The summed E-state index contributed by atoms with van der Waals surface area (Å²) in [5.74, 6) is -0.713. The molecule has 0 spiro atoms. The Labute approximate surface area is 135 Å². The molecule has 124 valence electrons. The second-order valence-electron chi connectivity index (χ2n) is 5.94. The monoisotopic (exact) mass is 319 g/mol. The van der Waals surface area contributed by atoms with Crippen molar-refractivity contribution in [2.24, 2.45) is 5.92 Å². The van der Waals surface area contributed by atoms with Crippen LogP contribution in [0.5, 0.6) is 5.75 Å². The summed E-state index contributed by atoms with van der Waals surface area (Å²) in [6.07, 6.45) is 1.25. The van der Waals surface area contributed by atoms with Crippen molar-refractivity contribution in [3.63, 3.8) is 0 Å². The van der Waals surface area contributed by atoms with E-state index in [0.29, 0.717) is 24.3 Å².